The van der Waals surface area contributed by atoms with Gasteiger partial charge in [0.05, 0.1) is 0 Å². The fraction of sp³-hybridized carbons (Fsp3) is 0.0526. The van der Waals surface area contributed by atoms with Crippen LogP contribution in [-0.2, 0) is 11.8 Å². The number of hydrogen-bond donors (Lipinski definition) is 2. The summed E-state index contributed by atoms with van der Waals surface area (Å²) >= 11 is 0. The molecule has 4 N–H and O–H groups in total. The normalized spacial score (nSPS) is 13.4. The van der Waals surface area contributed by atoms with Gasteiger partial charge >= 0.3 is 0 Å². The second-order valence-electron chi connectivity index (χ2n) is 10.8. The Morgan fingerprint density at radius 2 is 1.02 bits per heavy atom. The second kappa shape index (κ2) is 10.5. The molecule has 0 amide bonds. The molecule has 0 heterocycles. The van der Waals surface area contributed by atoms with Gasteiger partial charge < -0.3 is 20.9 Å². The number of anilines is 2. The number of fused-ring (bicyclic) bond motifs is 2. The lowest BCUT2D eigenvalue weighted by Gasteiger charge is -2.36. The molecule has 4 nitrogen and oxygen atoms in total. The minimum Gasteiger partial charge on any atom is -0.457 e. The summed E-state index contributed by atoms with van der Waals surface area (Å²) in [6, 6.07) is 44.9. The maximum Gasteiger partial charge on any atom is 0.129 e. The number of nitrogens with two attached hydrogens (primary N) is 2. The zero-order chi connectivity index (χ0) is 28.5. The Labute approximate surface area is 245 Å². The van der Waals surface area contributed by atoms with E-state index in [9.17, 15) is 0 Å². The van der Waals surface area contributed by atoms with Gasteiger partial charge in [-0.05, 0) is 94.0 Å². The van der Waals surface area contributed by atoms with Gasteiger partial charge in [0.25, 0.3) is 0 Å². The predicted octanol–water partition coefficient (Wildman–Crippen LogP) is 9.14. The Kier molecular flexibility index (Phi) is 6.37. The maximum atomic E-state index is 6.10. The zero-order valence-electron chi connectivity index (χ0n) is 23.0. The van der Waals surface area contributed by atoms with Gasteiger partial charge in [-0.25, -0.2) is 0 Å². The zero-order valence-corrected chi connectivity index (χ0v) is 23.0. The molecule has 0 atom stereocenters. The summed E-state index contributed by atoms with van der Waals surface area (Å²) in [5.41, 5.74) is 17.8. The summed E-state index contributed by atoms with van der Waals surface area (Å²) in [5, 5.41) is 2.50. The highest BCUT2D eigenvalue weighted by molar-refractivity contribution is 5.87. The minimum atomic E-state index is -0.374. The number of hydrogen-bond acceptors (Lipinski definition) is 4. The molecule has 0 aromatic heterocycles. The average molecular weight is 547 g/mol. The molecule has 6 aromatic rings. The molecule has 0 bridgehead atoms. The number of nitrogen functional groups attached to an aromatic ring is 2. The third kappa shape index (κ3) is 4.95. The molecule has 1 aliphatic rings. The molecule has 0 spiro atoms. The van der Waals surface area contributed by atoms with Crippen molar-refractivity contribution in [1.82, 2.24) is 0 Å². The van der Waals surface area contributed by atoms with Crippen LogP contribution in [0.1, 0.15) is 22.3 Å². The van der Waals surface area contributed by atoms with Gasteiger partial charge in [0.15, 0.2) is 0 Å². The van der Waals surface area contributed by atoms with Gasteiger partial charge in [-0.15, -0.1) is 0 Å². The standard InChI is InChI=1S/C38H30N2O2/c39-32-7-3-9-36(23-32)41-34-15-11-30(12-16-34)38(20-19-28-21-26-5-1-2-6-27(26)22-29(28)25-38)31-13-17-35(18-14-31)42-37-10-4-8-33(40)24-37/h1-24H,25,39-40H2. The van der Waals surface area contributed by atoms with Gasteiger partial charge in [-0.3, -0.25) is 0 Å². The summed E-state index contributed by atoms with van der Waals surface area (Å²) < 4.78 is 12.2. The van der Waals surface area contributed by atoms with E-state index in [1.54, 1.807) is 0 Å². The second-order valence-corrected chi connectivity index (χ2v) is 10.8. The van der Waals surface area contributed by atoms with E-state index in [1.165, 1.54) is 33.0 Å². The number of benzene rings is 6. The SMILES string of the molecule is Nc1cccc(Oc2ccc(C3(c4ccc(Oc5cccc(N)c5)cc4)C=Cc4cc5ccccc5cc4C3)cc2)c1. The van der Waals surface area contributed by atoms with Crippen molar-refractivity contribution in [2.24, 2.45) is 0 Å². The molecular formula is C38H30N2O2. The maximum absolute atomic E-state index is 6.10. The Morgan fingerprint density at radius 3 is 1.55 bits per heavy atom. The highest BCUT2D eigenvalue weighted by Crippen LogP contribution is 2.44. The van der Waals surface area contributed by atoms with Gasteiger partial charge in [-0.1, -0.05) is 78.9 Å². The molecule has 204 valence electrons. The summed E-state index contributed by atoms with van der Waals surface area (Å²) in [6.45, 7) is 0. The van der Waals surface area contributed by atoms with Crippen LogP contribution < -0.4 is 20.9 Å². The Hall–Kier alpha value is -5.48. The summed E-state index contributed by atoms with van der Waals surface area (Å²) in [5.74, 6) is 2.95. The Bertz CT molecular complexity index is 1830. The van der Waals surface area contributed by atoms with E-state index >= 15 is 0 Å². The number of ether oxygens (including phenoxy) is 2. The van der Waals surface area contributed by atoms with E-state index in [2.05, 4.69) is 72.8 Å². The van der Waals surface area contributed by atoms with Crippen molar-refractivity contribution < 1.29 is 9.47 Å². The molecule has 1 aliphatic carbocycles. The first-order valence-corrected chi connectivity index (χ1v) is 14.0. The number of rotatable bonds is 6. The molecule has 7 rings (SSSR count). The molecular weight excluding hydrogens is 516 g/mol. The van der Waals surface area contributed by atoms with Crippen LogP contribution in [-0.4, -0.2) is 0 Å². The average Bonchev–Trinajstić information content (AvgIpc) is 3.00. The monoisotopic (exact) mass is 546 g/mol. The highest BCUT2D eigenvalue weighted by Gasteiger charge is 2.35. The van der Waals surface area contributed by atoms with Gasteiger partial charge in [0.1, 0.15) is 23.0 Å². The topological polar surface area (TPSA) is 70.5 Å². The lowest BCUT2D eigenvalue weighted by molar-refractivity contribution is 0.481. The van der Waals surface area contributed by atoms with Crippen LogP contribution in [0.5, 0.6) is 23.0 Å². The minimum absolute atomic E-state index is 0.374. The van der Waals surface area contributed by atoms with Crippen molar-refractivity contribution in [1.29, 1.82) is 0 Å². The molecule has 0 unspecified atom stereocenters. The first-order valence-electron chi connectivity index (χ1n) is 14.0. The largest absolute Gasteiger partial charge is 0.457 e. The predicted molar refractivity (Wildman–Crippen MR) is 172 cm³/mol. The molecule has 4 heteroatoms. The summed E-state index contributed by atoms with van der Waals surface area (Å²) in [6.07, 6.45) is 5.43. The van der Waals surface area contributed by atoms with E-state index in [4.69, 9.17) is 20.9 Å². The lowest BCUT2D eigenvalue weighted by atomic mass is 9.67. The number of allylic oxidation sites excluding steroid dienone is 1. The third-order valence-electron chi connectivity index (χ3n) is 7.95. The van der Waals surface area contributed by atoms with Crippen molar-refractivity contribution >= 4 is 28.2 Å². The molecule has 0 aliphatic heterocycles. The van der Waals surface area contributed by atoms with Crippen molar-refractivity contribution in [3.8, 4) is 23.0 Å². The van der Waals surface area contributed by atoms with E-state index in [1.807, 2.05) is 72.8 Å². The summed E-state index contributed by atoms with van der Waals surface area (Å²) in [4.78, 5) is 0. The quantitative estimate of drug-likeness (QED) is 0.204. The van der Waals surface area contributed by atoms with Crippen molar-refractivity contribution in [3.63, 3.8) is 0 Å². The molecule has 0 fully saturated rings. The summed E-state index contributed by atoms with van der Waals surface area (Å²) in [7, 11) is 0. The van der Waals surface area contributed by atoms with Crippen molar-refractivity contribution in [2.75, 3.05) is 11.5 Å². The van der Waals surface area contributed by atoms with Gasteiger partial charge in [0.2, 0.25) is 0 Å². The lowest BCUT2D eigenvalue weighted by Crippen LogP contribution is -2.30. The third-order valence-corrected chi connectivity index (χ3v) is 7.95. The van der Waals surface area contributed by atoms with Crippen LogP contribution >= 0.6 is 0 Å². The van der Waals surface area contributed by atoms with Gasteiger partial charge in [0, 0.05) is 28.9 Å². The van der Waals surface area contributed by atoms with E-state index in [-0.39, 0.29) is 5.41 Å². The first-order chi connectivity index (χ1) is 20.5. The highest BCUT2D eigenvalue weighted by atomic mass is 16.5. The Morgan fingerprint density at radius 1 is 0.500 bits per heavy atom. The smallest absolute Gasteiger partial charge is 0.129 e. The van der Waals surface area contributed by atoms with Crippen LogP contribution in [0.15, 0.2) is 140 Å². The van der Waals surface area contributed by atoms with Crippen LogP contribution in [0.25, 0.3) is 16.8 Å². The van der Waals surface area contributed by atoms with E-state index in [0.29, 0.717) is 22.9 Å². The fourth-order valence-corrected chi connectivity index (χ4v) is 5.84. The van der Waals surface area contributed by atoms with Crippen LogP contribution in [0, 0.1) is 0 Å². The van der Waals surface area contributed by atoms with Gasteiger partial charge in [-0.2, -0.15) is 0 Å². The van der Waals surface area contributed by atoms with E-state index in [0.717, 1.165) is 17.9 Å². The fourth-order valence-electron chi connectivity index (χ4n) is 5.84. The van der Waals surface area contributed by atoms with Crippen LogP contribution in [0.2, 0.25) is 0 Å². The van der Waals surface area contributed by atoms with Crippen LogP contribution in [0.3, 0.4) is 0 Å². The molecule has 0 saturated carbocycles. The van der Waals surface area contributed by atoms with Crippen molar-refractivity contribution in [3.05, 3.63) is 162 Å². The molecule has 0 saturated heterocycles. The molecule has 42 heavy (non-hydrogen) atoms. The molecule has 6 aromatic carbocycles. The molecule has 0 radical (unpaired) electrons. The van der Waals surface area contributed by atoms with E-state index < -0.39 is 0 Å². The first kappa shape index (κ1) is 25.5. The van der Waals surface area contributed by atoms with Crippen LogP contribution in [0.4, 0.5) is 11.4 Å². The Balaban J connectivity index is 1.26. The van der Waals surface area contributed by atoms with Crippen molar-refractivity contribution in [2.45, 2.75) is 11.8 Å².